The zero-order chi connectivity index (χ0) is 25.6. The molecule has 0 aromatic heterocycles. The average molecular weight is 598 g/mol. The molecule has 2 rings (SSSR count). The zero-order valence-corrected chi connectivity index (χ0v) is 22.7. The second-order valence-electron chi connectivity index (χ2n) is 8.47. The maximum Gasteiger partial charge on any atom is 0.303 e. The van der Waals surface area contributed by atoms with Crippen LogP contribution in [-0.4, -0.2) is 47.3 Å². The first-order chi connectivity index (χ1) is 16.8. The lowest BCUT2D eigenvalue weighted by Crippen LogP contribution is -2.26. The number of para-hydroxylation sites is 1. The first kappa shape index (κ1) is 28.9. The van der Waals surface area contributed by atoms with E-state index < -0.39 is 24.1 Å². The summed E-state index contributed by atoms with van der Waals surface area (Å²) in [7, 11) is 0. The molecule has 1 aromatic rings. The van der Waals surface area contributed by atoms with E-state index in [1.807, 2.05) is 36.4 Å². The Morgan fingerprint density at radius 1 is 1.00 bits per heavy atom. The molecule has 192 valence electrons. The lowest BCUT2D eigenvalue weighted by Gasteiger charge is -2.23. The molecule has 0 saturated heterocycles. The molecule has 0 spiro atoms. The minimum absolute atomic E-state index is 0.0802. The summed E-state index contributed by atoms with van der Waals surface area (Å²) in [5, 5.41) is 0. The number of benzene rings is 1. The van der Waals surface area contributed by atoms with Gasteiger partial charge in [-0.3, -0.25) is 14.4 Å². The molecule has 7 nitrogen and oxygen atoms in total. The molecule has 1 saturated carbocycles. The quantitative estimate of drug-likeness (QED) is 0.0769. The van der Waals surface area contributed by atoms with Gasteiger partial charge in [0.1, 0.15) is 24.6 Å². The predicted octanol–water partition coefficient (Wildman–Crippen LogP) is 5.21. The Labute approximate surface area is 221 Å². The van der Waals surface area contributed by atoms with E-state index in [-0.39, 0.29) is 30.5 Å². The van der Waals surface area contributed by atoms with E-state index in [9.17, 15) is 14.4 Å². The third-order valence-corrected chi connectivity index (χ3v) is 6.37. The van der Waals surface area contributed by atoms with Gasteiger partial charge in [-0.15, -0.1) is 0 Å². The van der Waals surface area contributed by atoms with Crippen LogP contribution in [0.15, 0.2) is 54.6 Å². The molecule has 0 bridgehead atoms. The van der Waals surface area contributed by atoms with Gasteiger partial charge >= 0.3 is 17.9 Å². The molecule has 1 aliphatic carbocycles. The third kappa shape index (κ3) is 10.8. The summed E-state index contributed by atoms with van der Waals surface area (Å²) in [5.41, 5.74) is 0. The number of unbranched alkanes of at least 4 members (excludes halogenated alkanes) is 1. The van der Waals surface area contributed by atoms with Crippen LogP contribution in [0.3, 0.4) is 0 Å². The molecular weight excluding hydrogens is 563 g/mol. The number of rotatable bonds is 13. The van der Waals surface area contributed by atoms with Crippen molar-refractivity contribution >= 4 is 40.5 Å². The fourth-order valence-electron chi connectivity index (χ4n) is 4.20. The van der Waals surface area contributed by atoms with Crippen molar-refractivity contribution in [2.45, 2.75) is 64.8 Å². The van der Waals surface area contributed by atoms with Crippen LogP contribution in [0.1, 0.15) is 46.5 Å². The maximum absolute atomic E-state index is 11.8. The molecule has 0 radical (unpaired) electrons. The van der Waals surface area contributed by atoms with E-state index in [0.717, 1.165) is 17.3 Å². The fourth-order valence-corrected chi connectivity index (χ4v) is 4.64. The molecule has 5 atom stereocenters. The van der Waals surface area contributed by atoms with Gasteiger partial charge in [-0.25, -0.2) is 0 Å². The summed E-state index contributed by atoms with van der Waals surface area (Å²) in [6.45, 7) is 4.24. The van der Waals surface area contributed by atoms with E-state index in [1.165, 1.54) is 20.8 Å². The van der Waals surface area contributed by atoms with Crippen molar-refractivity contribution in [2.24, 2.45) is 11.8 Å². The topological polar surface area (TPSA) is 88.1 Å². The number of hydrogen-bond acceptors (Lipinski definition) is 7. The summed E-state index contributed by atoms with van der Waals surface area (Å²) >= 11 is 2.35. The second kappa shape index (κ2) is 15.6. The van der Waals surface area contributed by atoms with Crippen molar-refractivity contribution < 1.29 is 33.3 Å². The summed E-state index contributed by atoms with van der Waals surface area (Å²) in [6, 6.07) is 9.27. The highest BCUT2D eigenvalue weighted by atomic mass is 127. The van der Waals surface area contributed by atoms with Gasteiger partial charge in [-0.1, -0.05) is 59.0 Å². The molecule has 1 aliphatic rings. The van der Waals surface area contributed by atoms with Crippen molar-refractivity contribution in [1.82, 2.24) is 0 Å². The van der Waals surface area contributed by atoms with Gasteiger partial charge in [0, 0.05) is 39.0 Å². The largest absolute Gasteiger partial charge is 0.489 e. The monoisotopic (exact) mass is 598 g/mol. The van der Waals surface area contributed by atoms with Gasteiger partial charge in [0.25, 0.3) is 0 Å². The van der Waals surface area contributed by atoms with Crippen LogP contribution < -0.4 is 4.74 Å². The molecule has 0 heterocycles. The normalized spacial score (nSPS) is 22.7. The molecule has 35 heavy (non-hydrogen) atoms. The Bertz CT molecular complexity index is 868. The van der Waals surface area contributed by atoms with Crippen LogP contribution in [-0.2, 0) is 28.6 Å². The molecule has 1 aromatic carbocycles. The van der Waals surface area contributed by atoms with Gasteiger partial charge in [0.15, 0.2) is 6.10 Å². The van der Waals surface area contributed by atoms with Crippen LogP contribution in [0.5, 0.6) is 5.75 Å². The molecular formula is C27H35IO7. The van der Waals surface area contributed by atoms with Gasteiger partial charge in [0.05, 0.1) is 0 Å². The molecule has 8 heteroatoms. The number of alkyl halides is 1. The van der Waals surface area contributed by atoms with E-state index in [1.54, 1.807) is 6.08 Å². The Morgan fingerprint density at radius 2 is 1.69 bits per heavy atom. The summed E-state index contributed by atoms with van der Waals surface area (Å²) in [4.78, 5) is 35.2. The maximum atomic E-state index is 11.8. The standard InChI is InChI=1S/C27H35IO7/c1-19(29)33-23(18-32-22-11-7-6-8-12-22)14-15-25-24(13-9-4-5-10-16-28)26(34-20(2)30)17-27(25)35-21(3)31/h4,6-9,11-12,14-15,23-27H,5,10,13,16-18H2,1-3H3/b9-4-,15-14+/t23-,24-,25-,26+,27-/m1/s1. The van der Waals surface area contributed by atoms with Crippen molar-refractivity contribution in [2.75, 3.05) is 11.0 Å². The summed E-state index contributed by atoms with van der Waals surface area (Å²) in [6.07, 6.45) is 9.62. The van der Waals surface area contributed by atoms with Crippen LogP contribution in [0.4, 0.5) is 0 Å². The van der Waals surface area contributed by atoms with Crippen LogP contribution >= 0.6 is 22.6 Å². The van der Waals surface area contributed by atoms with Crippen LogP contribution in [0, 0.1) is 11.8 Å². The number of carbonyl (C=O) groups excluding carboxylic acids is 3. The molecule has 1 fully saturated rings. The number of allylic oxidation sites excluding steroid dienone is 2. The molecule has 0 amide bonds. The van der Waals surface area contributed by atoms with Gasteiger partial charge < -0.3 is 18.9 Å². The second-order valence-corrected chi connectivity index (χ2v) is 9.55. The summed E-state index contributed by atoms with van der Waals surface area (Å²) < 4.78 is 23.5. The van der Waals surface area contributed by atoms with E-state index in [4.69, 9.17) is 18.9 Å². The molecule has 0 unspecified atom stereocenters. The van der Waals surface area contributed by atoms with E-state index in [2.05, 4.69) is 34.7 Å². The average Bonchev–Trinajstić information content (AvgIpc) is 3.10. The molecule has 0 aliphatic heterocycles. The summed E-state index contributed by atoms with van der Waals surface area (Å²) in [5.74, 6) is -0.810. The van der Waals surface area contributed by atoms with E-state index >= 15 is 0 Å². The Morgan fingerprint density at radius 3 is 2.31 bits per heavy atom. The lowest BCUT2D eigenvalue weighted by atomic mass is 9.89. The molecule has 0 N–H and O–H groups in total. The number of carbonyl (C=O) groups is 3. The lowest BCUT2D eigenvalue weighted by molar-refractivity contribution is -0.149. The Hall–Kier alpha value is -2.36. The van der Waals surface area contributed by atoms with Crippen LogP contribution in [0.2, 0.25) is 0 Å². The van der Waals surface area contributed by atoms with Gasteiger partial charge in [-0.2, -0.15) is 0 Å². The predicted molar refractivity (Wildman–Crippen MR) is 141 cm³/mol. The smallest absolute Gasteiger partial charge is 0.303 e. The number of hydrogen-bond donors (Lipinski definition) is 0. The van der Waals surface area contributed by atoms with Crippen molar-refractivity contribution in [1.29, 1.82) is 0 Å². The third-order valence-electron chi connectivity index (χ3n) is 5.60. The van der Waals surface area contributed by atoms with Crippen molar-refractivity contribution in [3.05, 3.63) is 54.6 Å². The number of ether oxygens (including phenoxy) is 4. The first-order valence-corrected chi connectivity index (χ1v) is 13.4. The van der Waals surface area contributed by atoms with Gasteiger partial charge in [-0.05, 0) is 41.9 Å². The van der Waals surface area contributed by atoms with E-state index in [0.29, 0.717) is 18.6 Å². The minimum atomic E-state index is -0.627. The SMILES string of the molecule is CC(=O)O[C@H](/C=C/[C@@H]1[C@@H](C/C=C\CCCI)[C@@H](OC(C)=O)C[C@H]1OC(C)=O)COc1ccccc1. The highest BCUT2D eigenvalue weighted by molar-refractivity contribution is 14.1. The minimum Gasteiger partial charge on any atom is -0.489 e. The number of esters is 3. The first-order valence-electron chi connectivity index (χ1n) is 11.9. The fraction of sp³-hybridized carbons (Fsp3) is 0.519. The Balaban J connectivity index is 2.23. The zero-order valence-electron chi connectivity index (χ0n) is 20.6. The van der Waals surface area contributed by atoms with Gasteiger partial charge in [0.2, 0.25) is 0 Å². The number of halogens is 1. The van der Waals surface area contributed by atoms with Crippen molar-refractivity contribution in [3.63, 3.8) is 0 Å². The Kier molecular flexibility index (Phi) is 12.9. The van der Waals surface area contributed by atoms with Crippen LogP contribution in [0.25, 0.3) is 0 Å². The van der Waals surface area contributed by atoms with Crippen molar-refractivity contribution in [3.8, 4) is 5.75 Å². The highest BCUT2D eigenvalue weighted by Crippen LogP contribution is 2.40. The highest BCUT2D eigenvalue weighted by Gasteiger charge is 2.45.